The Bertz CT molecular complexity index is 364. The Balaban J connectivity index is -0.000000333. The summed E-state index contributed by atoms with van der Waals surface area (Å²) in [6.07, 6.45) is 1.65. The van der Waals surface area contributed by atoms with Crippen molar-refractivity contribution in [1.82, 2.24) is 0 Å². The summed E-state index contributed by atoms with van der Waals surface area (Å²) in [5.74, 6) is 0. The van der Waals surface area contributed by atoms with Crippen LogP contribution in [0, 0.1) is 10.8 Å². The molecule has 8 nitrogen and oxygen atoms in total. The smallest absolute Gasteiger partial charge is 0.303 e. The molecule has 23 heavy (non-hydrogen) atoms. The second-order valence-corrected chi connectivity index (χ2v) is 9.04. The third-order valence-electron chi connectivity index (χ3n) is 3.16. The monoisotopic (exact) mass is 422 g/mol. The van der Waals surface area contributed by atoms with E-state index in [-0.39, 0.29) is 40.5 Å². The predicted molar refractivity (Wildman–Crippen MR) is 84.1 cm³/mol. The van der Waals surface area contributed by atoms with Gasteiger partial charge in [-0.05, 0) is 23.7 Å². The first-order valence-corrected chi connectivity index (χ1v) is 10.00. The molecule has 0 aromatic heterocycles. The first-order valence-electron chi connectivity index (χ1n) is 6.94. The van der Waals surface area contributed by atoms with Gasteiger partial charge in [-0.1, -0.05) is 41.5 Å². The maximum Gasteiger partial charge on any atom is 0.469 e. The molecule has 0 aromatic carbocycles. The van der Waals surface area contributed by atoms with Crippen LogP contribution in [0.5, 0.6) is 0 Å². The molecule has 146 valence electrons. The Labute approximate surface area is 148 Å². The fraction of sp³-hybridized carbons (Fsp3) is 1.00. The second kappa shape index (κ2) is 11.4. The van der Waals surface area contributed by atoms with Crippen LogP contribution in [0.1, 0.15) is 54.4 Å². The molecule has 0 atom stereocenters. The largest absolute Gasteiger partial charge is 0.469 e. The van der Waals surface area contributed by atoms with E-state index in [1.807, 2.05) is 41.5 Å². The van der Waals surface area contributed by atoms with E-state index >= 15 is 0 Å². The van der Waals surface area contributed by atoms with Crippen LogP contribution >= 0.6 is 15.6 Å². The topological polar surface area (TPSA) is 134 Å². The van der Waals surface area contributed by atoms with E-state index < -0.39 is 15.6 Å². The SMILES string of the molecule is CCC(C)(C)COP(=O)(O)O.CCC(C)(C)COP(=O)(O)O.[Ni]. The molecule has 0 unspecified atom stereocenters. The molecule has 0 aliphatic carbocycles. The van der Waals surface area contributed by atoms with Crippen molar-refractivity contribution in [2.24, 2.45) is 10.8 Å². The molecule has 0 saturated carbocycles. The molecular formula is C12H30NiO8P2. The van der Waals surface area contributed by atoms with Crippen LogP contribution < -0.4 is 0 Å². The van der Waals surface area contributed by atoms with Crippen LogP contribution in [0.2, 0.25) is 0 Å². The van der Waals surface area contributed by atoms with E-state index in [1.165, 1.54) is 0 Å². The summed E-state index contributed by atoms with van der Waals surface area (Å²) in [5, 5.41) is 0. The predicted octanol–water partition coefficient (Wildman–Crippen LogP) is 3.06. The third kappa shape index (κ3) is 22.7. The molecule has 0 amide bonds. The molecule has 11 heteroatoms. The van der Waals surface area contributed by atoms with Crippen LogP contribution in [-0.2, 0) is 34.7 Å². The van der Waals surface area contributed by atoms with Gasteiger partial charge in [0.1, 0.15) is 0 Å². The Hall–Kier alpha value is 0.714. The first-order chi connectivity index (χ1) is 9.54. The molecule has 0 saturated heterocycles. The molecule has 0 spiro atoms. The minimum atomic E-state index is -4.28. The zero-order chi connectivity index (χ0) is 18.2. The molecule has 4 N–H and O–H groups in total. The van der Waals surface area contributed by atoms with Gasteiger partial charge < -0.3 is 19.6 Å². The van der Waals surface area contributed by atoms with Gasteiger partial charge in [-0.15, -0.1) is 0 Å². The van der Waals surface area contributed by atoms with Crippen molar-refractivity contribution >= 4 is 15.6 Å². The molecule has 0 aliphatic heterocycles. The summed E-state index contributed by atoms with van der Waals surface area (Å²) in [5.41, 5.74) is -0.331. The Morgan fingerprint density at radius 2 is 0.957 bits per heavy atom. The van der Waals surface area contributed by atoms with E-state index in [2.05, 4.69) is 9.05 Å². The van der Waals surface area contributed by atoms with Crippen LogP contribution in [0.3, 0.4) is 0 Å². The first kappa shape index (κ1) is 28.5. The number of hydrogen-bond donors (Lipinski definition) is 4. The van der Waals surface area contributed by atoms with Crippen molar-refractivity contribution in [3.8, 4) is 0 Å². The molecule has 0 aromatic rings. The van der Waals surface area contributed by atoms with E-state index in [0.717, 1.165) is 12.8 Å². The summed E-state index contributed by atoms with van der Waals surface area (Å²) in [4.78, 5) is 33.5. The normalized spacial score (nSPS) is 13.0. The summed E-state index contributed by atoms with van der Waals surface area (Å²) in [7, 11) is -8.55. The molecule has 0 bridgehead atoms. The van der Waals surface area contributed by atoms with Crippen LogP contribution in [0.25, 0.3) is 0 Å². The van der Waals surface area contributed by atoms with E-state index in [0.29, 0.717) is 0 Å². The number of hydrogen-bond acceptors (Lipinski definition) is 4. The fourth-order valence-electron chi connectivity index (χ4n) is 0.722. The third-order valence-corrected chi connectivity index (χ3v) is 4.09. The maximum atomic E-state index is 10.3. The quantitative estimate of drug-likeness (QED) is 0.346. The van der Waals surface area contributed by atoms with Crippen molar-refractivity contribution in [2.45, 2.75) is 54.4 Å². The molecule has 0 radical (unpaired) electrons. The van der Waals surface area contributed by atoms with Gasteiger partial charge in [0.05, 0.1) is 13.2 Å². The van der Waals surface area contributed by atoms with Crippen LogP contribution in [0.15, 0.2) is 0 Å². The summed E-state index contributed by atoms with van der Waals surface area (Å²) >= 11 is 0. The van der Waals surface area contributed by atoms with Gasteiger partial charge in [0.2, 0.25) is 0 Å². The minimum Gasteiger partial charge on any atom is -0.303 e. The standard InChI is InChI=1S/2C6H15O4P.Ni/c2*1-4-6(2,3)5-10-11(7,8)9;/h2*4-5H2,1-3H3,(H2,7,8,9);. The van der Waals surface area contributed by atoms with Gasteiger partial charge in [-0.25, -0.2) is 9.13 Å². The zero-order valence-electron chi connectivity index (χ0n) is 14.5. The van der Waals surface area contributed by atoms with Crippen molar-refractivity contribution < 1.29 is 54.2 Å². The summed E-state index contributed by atoms with van der Waals surface area (Å²) in [6, 6.07) is 0. The average molecular weight is 423 g/mol. The molecule has 0 aliphatic rings. The summed E-state index contributed by atoms with van der Waals surface area (Å²) in [6.45, 7) is 11.6. The second-order valence-electron chi connectivity index (χ2n) is 6.56. The zero-order valence-corrected chi connectivity index (χ0v) is 17.2. The molecule has 0 heterocycles. The molecular weight excluding hydrogens is 393 g/mol. The van der Waals surface area contributed by atoms with Gasteiger partial charge in [0.15, 0.2) is 0 Å². The maximum absolute atomic E-state index is 10.3. The Morgan fingerprint density at radius 3 is 1.09 bits per heavy atom. The molecule has 0 fully saturated rings. The minimum absolute atomic E-state index is 0. The van der Waals surface area contributed by atoms with Crippen molar-refractivity contribution in [1.29, 1.82) is 0 Å². The van der Waals surface area contributed by atoms with E-state index in [4.69, 9.17) is 19.6 Å². The Morgan fingerprint density at radius 1 is 0.739 bits per heavy atom. The summed E-state index contributed by atoms with van der Waals surface area (Å²) < 4.78 is 29.2. The fourth-order valence-corrected chi connectivity index (χ4v) is 1.76. The van der Waals surface area contributed by atoms with Gasteiger partial charge in [0, 0.05) is 16.5 Å². The van der Waals surface area contributed by atoms with Gasteiger partial charge in [-0.2, -0.15) is 0 Å². The van der Waals surface area contributed by atoms with Crippen LogP contribution in [0.4, 0.5) is 0 Å². The van der Waals surface area contributed by atoms with Crippen molar-refractivity contribution in [3.05, 3.63) is 0 Å². The number of phosphoric acid groups is 2. The average Bonchev–Trinajstić information content (AvgIpc) is 2.34. The number of phosphoric ester groups is 2. The van der Waals surface area contributed by atoms with Gasteiger partial charge in [0.25, 0.3) is 0 Å². The molecule has 0 rings (SSSR count). The van der Waals surface area contributed by atoms with Crippen molar-refractivity contribution in [2.75, 3.05) is 13.2 Å². The number of rotatable bonds is 8. The van der Waals surface area contributed by atoms with E-state index in [1.54, 1.807) is 0 Å². The van der Waals surface area contributed by atoms with E-state index in [9.17, 15) is 9.13 Å². The van der Waals surface area contributed by atoms with Crippen LogP contribution in [-0.4, -0.2) is 32.8 Å². The van der Waals surface area contributed by atoms with Gasteiger partial charge >= 0.3 is 15.6 Å². The van der Waals surface area contributed by atoms with Gasteiger partial charge in [-0.3, -0.25) is 9.05 Å². The van der Waals surface area contributed by atoms with Crippen molar-refractivity contribution in [3.63, 3.8) is 0 Å². The Kier molecular flexibility index (Phi) is 14.1.